The molecule has 0 spiro atoms. The van der Waals surface area contributed by atoms with Crippen molar-refractivity contribution < 1.29 is 0 Å². The molecule has 0 saturated heterocycles. The quantitative estimate of drug-likeness (QED) is 0.486. The number of nitriles is 2. The van der Waals surface area contributed by atoms with Crippen LogP contribution < -0.4 is 11.2 Å². The summed E-state index contributed by atoms with van der Waals surface area (Å²) in [7, 11) is 1.86. The predicted octanol–water partition coefficient (Wildman–Crippen LogP) is 1.91. The number of hydrogen-bond donors (Lipinski definition) is 2. The monoisotopic (exact) mass is 260 g/mol. The van der Waals surface area contributed by atoms with Crippen LogP contribution >= 0.6 is 11.3 Å². The molecule has 0 amide bonds. The number of fused-ring (bicyclic) bond motifs is 1. The number of hydrogen-bond acceptors (Lipinski definition) is 7. The highest BCUT2D eigenvalue weighted by Gasteiger charge is 2.01. The van der Waals surface area contributed by atoms with E-state index < -0.39 is 0 Å². The van der Waals surface area contributed by atoms with E-state index in [4.69, 9.17) is 16.4 Å². The van der Waals surface area contributed by atoms with Gasteiger partial charge >= 0.3 is 0 Å². The molecule has 0 aliphatic carbocycles. The molecule has 1 aromatic heterocycles. The number of nitrogens with two attached hydrogens (primary N) is 1. The number of nitrogens with zero attached hydrogens (tertiary/aromatic N) is 4. The smallest absolute Gasteiger partial charge is 0.183 e. The molecule has 0 fully saturated rings. The van der Waals surface area contributed by atoms with Gasteiger partial charge in [0.25, 0.3) is 0 Å². The van der Waals surface area contributed by atoms with Gasteiger partial charge in [-0.25, -0.2) is 15.5 Å². The minimum Gasteiger partial charge on any atom is -0.365 e. The van der Waals surface area contributed by atoms with E-state index in [-0.39, 0.29) is 0 Å². The molecule has 3 N–H and O–H groups in total. The predicted molar refractivity (Wildman–Crippen MR) is 74.3 cm³/mol. The first-order valence-corrected chi connectivity index (χ1v) is 5.48. The average Bonchev–Trinajstić information content (AvgIpc) is 2.86. The summed E-state index contributed by atoms with van der Waals surface area (Å²) >= 11 is 1.61. The second kappa shape index (κ2) is 8.50. The maximum absolute atomic E-state index is 6.50. The summed E-state index contributed by atoms with van der Waals surface area (Å²) < 4.78 is 1.13. The first-order valence-electron chi connectivity index (χ1n) is 4.66. The van der Waals surface area contributed by atoms with Crippen LogP contribution in [0.1, 0.15) is 5.56 Å². The van der Waals surface area contributed by atoms with Gasteiger partial charge in [0.05, 0.1) is 16.4 Å². The van der Waals surface area contributed by atoms with Gasteiger partial charge in [-0.1, -0.05) is 17.4 Å². The molecule has 18 heavy (non-hydrogen) atoms. The maximum Gasteiger partial charge on any atom is 0.183 e. The van der Waals surface area contributed by atoms with Crippen LogP contribution in [0.3, 0.4) is 0 Å². The fourth-order valence-electron chi connectivity index (χ4n) is 1.21. The van der Waals surface area contributed by atoms with Crippen molar-refractivity contribution in [2.24, 2.45) is 10.9 Å². The van der Waals surface area contributed by atoms with Crippen molar-refractivity contribution in [2.75, 3.05) is 12.4 Å². The van der Waals surface area contributed by atoms with Gasteiger partial charge in [0.2, 0.25) is 0 Å². The topological polar surface area (TPSA) is 111 Å². The van der Waals surface area contributed by atoms with Gasteiger partial charge in [-0.3, -0.25) is 0 Å². The van der Waals surface area contributed by atoms with E-state index in [1.807, 2.05) is 25.2 Å². The van der Waals surface area contributed by atoms with Crippen LogP contribution in [0.15, 0.2) is 23.3 Å². The van der Waals surface area contributed by atoms with E-state index in [9.17, 15) is 0 Å². The third kappa shape index (κ3) is 3.74. The summed E-state index contributed by atoms with van der Waals surface area (Å²) in [6, 6.07) is 5.92. The number of benzene rings is 1. The molecule has 7 heteroatoms. The molecule has 1 heterocycles. The van der Waals surface area contributed by atoms with Crippen molar-refractivity contribution in [3.05, 3.63) is 23.8 Å². The lowest BCUT2D eigenvalue weighted by Crippen LogP contribution is -1.85. The Bertz CT molecular complexity index is 548. The van der Waals surface area contributed by atoms with E-state index >= 15 is 0 Å². The van der Waals surface area contributed by atoms with Gasteiger partial charge in [-0.2, -0.15) is 5.10 Å². The van der Waals surface area contributed by atoms with Crippen LogP contribution in [0, 0.1) is 23.7 Å². The van der Waals surface area contributed by atoms with Crippen LogP contribution in [0.25, 0.3) is 10.2 Å². The highest BCUT2D eigenvalue weighted by molar-refractivity contribution is 7.22. The summed E-state index contributed by atoms with van der Waals surface area (Å²) in [6.07, 6.45) is 1.62. The van der Waals surface area contributed by atoms with Crippen molar-refractivity contribution in [3.63, 3.8) is 0 Å². The molecule has 0 aliphatic heterocycles. The van der Waals surface area contributed by atoms with Crippen molar-refractivity contribution in [2.45, 2.75) is 0 Å². The van der Waals surface area contributed by atoms with Gasteiger partial charge in [0, 0.05) is 20.2 Å². The first-order chi connectivity index (χ1) is 8.83. The lowest BCUT2D eigenvalue weighted by molar-refractivity contribution is 1.26. The van der Waals surface area contributed by atoms with Gasteiger partial charge in [-0.05, 0) is 17.7 Å². The molecule has 6 nitrogen and oxygen atoms in total. The van der Waals surface area contributed by atoms with Crippen molar-refractivity contribution >= 4 is 32.9 Å². The third-order valence-corrected chi connectivity index (χ3v) is 2.89. The molecule has 92 valence electrons. The Morgan fingerprint density at radius 3 is 2.61 bits per heavy atom. The maximum atomic E-state index is 6.50. The first kappa shape index (κ1) is 15.4. The standard InChI is InChI=1S/C9H10N4S.2CHN/c1-11-9-13-7-3-2-6(5-12-10)4-8(7)14-9;2*1-2/h2-5H,10H2,1H3,(H,11,13);2*1H. The summed E-state index contributed by atoms with van der Waals surface area (Å²) in [5, 5.41) is 20.4. The van der Waals surface area contributed by atoms with Gasteiger partial charge in [-0.15, -0.1) is 0 Å². The minimum atomic E-state index is 0.918. The number of anilines is 1. The highest BCUT2D eigenvalue weighted by Crippen LogP contribution is 2.25. The van der Waals surface area contributed by atoms with Gasteiger partial charge in [0.15, 0.2) is 5.13 Å². The van der Waals surface area contributed by atoms with Crippen LogP contribution in [-0.4, -0.2) is 18.2 Å². The van der Waals surface area contributed by atoms with Crippen LogP contribution in [0.4, 0.5) is 5.13 Å². The fourth-order valence-corrected chi connectivity index (χ4v) is 2.08. The van der Waals surface area contributed by atoms with Crippen molar-refractivity contribution in [1.82, 2.24) is 4.98 Å². The number of nitrogens with one attached hydrogen (secondary N) is 1. The summed E-state index contributed by atoms with van der Waals surface area (Å²) in [6.45, 7) is 7.00. The Balaban J connectivity index is 0.000000659. The lowest BCUT2D eigenvalue weighted by Gasteiger charge is -1.90. The summed E-state index contributed by atoms with van der Waals surface area (Å²) in [5.41, 5.74) is 1.99. The van der Waals surface area contributed by atoms with Gasteiger partial charge in [0.1, 0.15) is 0 Å². The average molecular weight is 260 g/mol. The Hall–Kier alpha value is -2.64. The normalized spacial score (nSPS) is 8.94. The molecular weight excluding hydrogens is 248 g/mol. The molecule has 0 aliphatic rings. The Kier molecular flexibility index (Phi) is 7.26. The molecule has 1 aromatic carbocycles. The van der Waals surface area contributed by atoms with E-state index in [0.717, 1.165) is 20.9 Å². The van der Waals surface area contributed by atoms with Crippen molar-refractivity contribution in [1.29, 1.82) is 10.5 Å². The highest BCUT2D eigenvalue weighted by atomic mass is 32.1. The number of thiazole rings is 1. The SMILES string of the molecule is C#N.C#N.CNc1nc2ccc(C=NN)cc2s1. The Morgan fingerprint density at radius 2 is 2.06 bits per heavy atom. The molecule has 0 saturated carbocycles. The Morgan fingerprint density at radius 1 is 1.39 bits per heavy atom. The second-order valence-electron chi connectivity index (χ2n) is 2.77. The largest absolute Gasteiger partial charge is 0.365 e. The van der Waals surface area contributed by atoms with Crippen LogP contribution in [0.5, 0.6) is 0 Å². The molecule has 0 unspecified atom stereocenters. The minimum absolute atomic E-state index is 0.918. The molecular formula is C11H12N6S. The zero-order chi connectivity index (χ0) is 14.0. The Labute approximate surface area is 109 Å². The van der Waals surface area contributed by atoms with Crippen LogP contribution in [-0.2, 0) is 0 Å². The summed E-state index contributed by atoms with van der Waals surface area (Å²) in [4.78, 5) is 4.36. The van der Waals surface area contributed by atoms with Gasteiger partial charge < -0.3 is 11.2 Å². The zero-order valence-electron chi connectivity index (χ0n) is 9.74. The lowest BCUT2D eigenvalue weighted by atomic mass is 10.2. The molecule has 0 atom stereocenters. The van der Waals surface area contributed by atoms with E-state index in [0.29, 0.717) is 0 Å². The van der Waals surface area contributed by atoms with E-state index in [1.54, 1.807) is 17.6 Å². The molecule has 2 rings (SSSR count). The molecule has 0 bridgehead atoms. The zero-order valence-corrected chi connectivity index (χ0v) is 10.6. The molecule has 0 radical (unpaired) electrons. The fraction of sp³-hybridized carbons (Fsp3) is 0.0909. The number of rotatable bonds is 2. The van der Waals surface area contributed by atoms with E-state index in [2.05, 4.69) is 28.5 Å². The molecule has 2 aromatic rings. The van der Waals surface area contributed by atoms with E-state index in [1.165, 1.54) is 0 Å². The second-order valence-corrected chi connectivity index (χ2v) is 3.80. The third-order valence-electron chi connectivity index (χ3n) is 1.85. The van der Waals surface area contributed by atoms with Crippen molar-refractivity contribution in [3.8, 4) is 13.1 Å². The summed E-state index contributed by atoms with van der Waals surface area (Å²) in [5.74, 6) is 5.08. The van der Waals surface area contributed by atoms with Crippen LogP contribution in [0.2, 0.25) is 0 Å². The number of aromatic nitrogens is 1. The number of hydrazone groups is 1.